The van der Waals surface area contributed by atoms with Crippen LogP contribution in [0.25, 0.3) is 0 Å². The Morgan fingerprint density at radius 3 is 2.40 bits per heavy atom. The summed E-state index contributed by atoms with van der Waals surface area (Å²) in [6.07, 6.45) is 3.89. The second kappa shape index (κ2) is 12.1. The van der Waals surface area contributed by atoms with Crippen LogP contribution in [0, 0.1) is 0 Å². The summed E-state index contributed by atoms with van der Waals surface area (Å²) < 4.78 is 5.38. The zero-order valence-corrected chi connectivity index (χ0v) is 16.1. The summed E-state index contributed by atoms with van der Waals surface area (Å²) in [7, 11) is 1.89. The van der Waals surface area contributed by atoms with Crippen molar-refractivity contribution in [2.45, 2.75) is 36.1 Å². The molecule has 0 aliphatic carbocycles. The highest BCUT2D eigenvalue weighted by molar-refractivity contribution is 7.98. The van der Waals surface area contributed by atoms with Crippen LogP contribution >= 0.6 is 11.8 Å². The van der Waals surface area contributed by atoms with Crippen molar-refractivity contribution in [3.63, 3.8) is 0 Å². The molecule has 25 heavy (non-hydrogen) atoms. The first-order valence-electron chi connectivity index (χ1n) is 8.59. The second-order valence-corrected chi connectivity index (χ2v) is 6.87. The molecular weight excluding hydrogens is 334 g/mol. The summed E-state index contributed by atoms with van der Waals surface area (Å²) in [5, 5.41) is 3.29. The van der Waals surface area contributed by atoms with E-state index in [1.54, 1.807) is 11.8 Å². The molecule has 140 valence electrons. The number of hydrogen-bond acceptors (Lipinski definition) is 6. The van der Waals surface area contributed by atoms with Crippen molar-refractivity contribution in [1.29, 1.82) is 0 Å². The molecular formula is C19H31N3O2S. The maximum Gasteiger partial charge on any atom is 0.307 e. The number of thioether (sulfide) groups is 1. The lowest BCUT2D eigenvalue weighted by Crippen LogP contribution is -2.37. The first-order valence-corrected chi connectivity index (χ1v) is 9.81. The molecule has 0 aliphatic rings. The van der Waals surface area contributed by atoms with E-state index in [2.05, 4.69) is 42.4 Å². The smallest absolute Gasteiger partial charge is 0.307 e. The second-order valence-electron chi connectivity index (χ2n) is 5.99. The largest absolute Gasteiger partial charge is 0.464 e. The number of likely N-dealkylation sites (N-methyl/N-ethyl adjacent to an activating group) is 1. The van der Waals surface area contributed by atoms with Gasteiger partial charge in [-0.05, 0) is 50.4 Å². The molecule has 0 radical (unpaired) electrons. The Kier molecular flexibility index (Phi) is 10.5. The average molecular weight is 366 g/mol. The van der Waals surface area contributed by atoms with Crippen molar-refractivity contribution >= 4 is 17.7 Å². The minimum Gasteiger partial charge on any atom is -0.464 e. The summed E-state index contributed by atoms with van der Waals surface area (Å²) in [6, 6.07) is 8.50. The number of carbonyl (C=O) groups excluding carboxylic acids is 1. The lowest BCUT2D eigenvalue weighted by molar-refractivity contribution is -0.144. The molecule has 0 bridgehead atoms. The van der Waals surface area contributed by atoms with Gasteiger partial charge in [0, 0.05) is 23.4 Å². The molecule has 2 atom stereocenters. The highest BCUT2D eigenvalue weighted by atomic mass is 32.2. The third-order valence-corrected chi connectivity index (χ3v) is 4.92. The van der Waals surface area contributed by atoms with Gasteiger partial charge in [0.25, 0.3) is 0 Å². The molecule has 0 saturated heterocycles. The maximum absolute atomic E-state index is 11.7. The van der Waals surface area contributed by atoms with Crippen LogP contribution in [0.15, 0.2) is 41.3 Å². The number of nitrogens with two attached hydrogens (primary N) is 2. The molecule has 1 aromatic rings. The molecule has 2 unspecified atom stereocenters. The minimum atomic E-state index is -0.264. The van der Waals surface area contributed by atoms with E-state index in [0.717, 1.165) is 18.4 Å². The molecule has 5 N–H and O–H groups in total. The van der Waals surface area contributed by atoms with Crippen molar-refractivity contribution < 1.29 is 9.53 Å². The SMILES string of the molecule is C=C(CCN)CC(c1ccc(SC)cc1)C(COC(=O)CCN)NC. The van der Waals surface area contributed by atoms with Gasteiger partial charge in [-0.3, -0.25) is 4.79 Å². The van der Waals surface area contributed by atoms with Crippen LogP contribution < -0.4 is 16.8 Å². The molecule has 0 fully saturated rings. The number of carbonyl (C=O) groups is 1. The first-order chi connectivity index (χ1) is 12.0. The van der Waals surface area contributed by atoms with Gasteiger partial charge < -0.3 is 21.5 Å². The van der Waals surface area contributed by atoms with Crippen LogP contribution in [0.3, 0.4) is 0 Å². The van der Waals surface area contributed by atoms with E-state index >= 15 is 0 Å². The normalized spacial score (nSPS) is 13.3. The maximum atomic E-state index is 11.7. The van der Waals surface area contributed by atoms with Gasteiger partial charge in [-0.2, -0.15) is 0 Å². The van der Waals surface area contributed by atoms with Crippen molar-refractivity contribution in [3.05, 3.63) is 42.0 Å². The highest BCUT2D eigenvalue weighted by Gasteiger charge is 2.24. The number of rotatable bonds is 12. The number of esters is 1. The average Bonchev–Trinajstić information content (AvgIpc) is 2.61. The fraction of sp³-hybridized carbons (Fsp3) is 0.526. The van der Waals surface area contributed by atoms with Crippen molar-refractivity contribution in [3.8, 4) is 0 Å². The van der Waals surface area contributed by atoms with Crippen LogP contribution in [-0.4, -0.2) is 45.0 Å². The number of benzene rings is 1. The lowest BCUT2D eigenvalue weighted by atomic mass is 9.85. The number of nitrogens with one attached hydrogen (secondary N) is 1. The Hall–Kier alpha value is -1.34. The zero-order valence-electron chi connectivity index (χ0n) is 15.3. The Bertz CT molecular complexity index is 534. The lowest BCUT2D eigenvalue weighted by Gasteiger charge is -2.28. The van der Waals surface area contributed by atoms with E-state index in [9.17, 15) is 4.79 Å². The summed E-state index contributed by atoms with van der Waals surface area (Å²) in [5.74, 6) is -0.106. The topological polar surface area (TPSA) is 90.4 Å². The first kappa shape index (κ1) is 21.7. The van der Waals surface area contributed by atoms with E-state index in [1.165, 1.54) is 10.5 Å². The van der Waals surface area contributed by atoms with Crippen LogP contribution in [0.4, 0.5) is 0 Å². The summed E-state index contributed by atoms with van der Waals surface area (Å²) in [4.78, 5) is 12.9. The molecule has 0 spiro atoms. The van der Waals surface area contributed by atoms with Crippen LogP contribution in [0.2, 0.25) is 0 Å². The Morgan fingerprint density at radius 2 is 1.88 bits per heavy atom. The van der Waals surface area contributed by atoms with Gasteiger partial charge in [0.1, 0.15) is 6.61 Å². The third kappa shape index (κ3) is 7.61. The van der Waals surface area contributed by atoms with Gasteiger partial charge in [-0.15, -0.1) is 11.8 Å². The quantitative estimate of drug-likeness (QED) is 0.299. The summed E-state index contributed by atoms with van der Waals surface area (Å²) in [5.41, 5.74) is 13.4. The van der Waals surface area contributed by atoms with Crippen molar-refractivity contribution in [1.82, 2.24) is 5.32 Å². The van der Waals surface area contributed by atoms with Gasteiger partial charge in [-0.25, -0.2) is 0 Å². The van der Waals surface area contributed by atoms with Crippen molar-refractivity contribution in [2.75, 3.05) is 33.0 Å². The number of ether oxygens (including phenoxy) is 1. The molecule has 1 rings (SSSR count). The van der Waals surface area contributed by atoms with E-state index in [-0.39, 0.29) is 24.3 Å². The highest BCUT2D eigenvalue weighted by Crippen LogP contribution is 2.29. The fourth-order valence-electron chi connectivity index (χ4n) is 2.73. The standard InChI is InChI=1S/C19H31N3O2S/c1-14(8-10-20)12-17(15-4-6-16(25-3)7-5-15)18(22-2)13-24-19(23)9-11-21/h4-7,17-18,22H,1,8-13,20-21H2,2-3H3. The predicted octanol–water partition coefficient (Wildman–Crippen LogP) is 2.27. The van der Waals surface area contributed by atoms with E-state index in [1.807, 2.05) is 7.05 Å². The van der Waals surface area contributed by atoms with E-state index < -0.39 is 0 Å². The molecule has 0 aromatic heterocycles. The van der Waals surface area contributed by atoms with E-state index in [0.29, 0.717) is 19.7 Å². The molecule has 0 heterocycles. The molecule has 1 aromatic carbocycles. The third-order valence-electron chi connectivity index (χ3n) is 4.18. The summed E-state index contributed by atoms with van der Waals surface area (Å²) in [6.45, 7) is 5.35. The Balaban J connectivity index is 2.92. The van der Waals surface area contributed by atoms with Gasteiger partial charge in [0.2, 0.25) is 0 Å². The van der Waals surface area contributed by atoms with Crippen LogP contribution in [0.1, 0.15) is 30.7 Å². The van der Waals surface area contributed by atoms with Gasteiger partial charge in [-0.1, -0.05) is 24.3 Å². The molecule has 6 heteroatoms. The summed E-state index contributed by atoms with van der Waals surface area (Å²) >= 11 is 1.71. The molecule has 0 aliphatic heterocycles. The number of hydrogen-bond donors (Lipinski definition) is 3. The van der Waals surface area contributed by atoms with Crippen molar-refractivity contribution in [2.24, 2.45) is 11.5 Å². The van der Waals surface area contributed by atoms with E-state index in [4.69, 9.17) is 16.2 Å². The van der Waals surface area contributed by atoms with Crippen LogP contribution in [0.5, 0.6) is 0 Å². The fourth-order valence-corrected chi connectivity index (χ4v) is 3.14. The van der Waals surface area contributed by atoms with Crippen LogP contribution in [-0.2, 0) is 9.53 Å². The van der Waals surface area contributed by atoms with Gasteiger partial charge in [0.05, 0.1) is 6.42 Å². The zero-order chi connectivity index (χ0) is 18.7. The molecule has 5 nitrogen and oxygen atoms in total. The van der Waals surface area contributed by atoms with Gasteiger partial charge in [0.15, 0.2) is 0 Å². The predicted molar refractivity (Wildman–Crippen MR) is 106 cm³/mol. The monoisotopic (exact) mass is 365 g/mol. The minimum absolute atomic E-state index is 0.00335. The van der Waals surface area contributed by atoms with Gasteiger partial charge >= 0.3 is 5.97 Å². The molecule has 0 saturated carbocycles. The molecule has 0 amide bonds. The Labute approximate surface area is 155 Å². The Morgan fingerprint density at radius 1 is 1.24 bits per heavy atom.